The summed E-state index contributed by atoms with van der Waals surface area (Å²) >= 11 is 0. The van der Waals surface area contributed by atoms with Gasteiger partial charge < -0.3 is 14.8 Å². The molecule has 0 radical (unpaired) electrons. The van der Waals surface area contributed by atoms with Gasteiger partial charge in [-0.1, -0.05) is 18.2 Å². The van der Waals surface area contributed by atoms with Gasteiger partial charge in [0.2, 0.25) is 10.0 Å². The summed E-state index contributed by atoms with van der Waals surface area (Å²) in [5.74, 6) is 0.772. The van der Waals surface area contributed by atoms with Crippen LogP contribution in [-0.4, -0.2) is 46.4 Å². The highest BCUT2D eigenvalue weighted by Crippen LogP contribution is 2.35. The molecule has 0 unspecified atom stereocenters. The summed E-state index contributed by atoms with van der Waals surface area (Å²) in [5.41, 5.74) is 3.48. The number of rotatable bonds is 6. The maximum absolute atomic E-state index is 12.6. The van der Waals surface area contributed by atoms with E-state index in [4.69, 9.17) is 9.47 Å². The van der Waals surface area contributed by atoms with Crippen LogP contribution < -0.4 is 19.1 Å². The van der Waals surface area contributed by atoms with Crippen molar-refractivity contribution in [3.63, 3.8) is 0 Å². The first-order valence-electron chi connectivity index (χ1n) is 9.38. The molecule has 0 spiro atoms. The van der Waals surface area contributed by atoms with E-state index in [1.165, 1.54) is 4.31 Å². The van der Waals surface area contributed by atoms with Gasteiger partial charge in [-0.05, 0) is 55.7 Å². The van der Waals surface area contributed by atoms with Crippen LogP contribution in [0.4, 0.5) is 5.69 Å². The van der Waals surface area contributed by atoms with Gasteiger partial charge in [-0.2, -0.15) is 0 Å². The lowest BCUT2D eigenvalue weighted by Crippen LogP contribution is -2.51. The summed E-state index contributed by atoms with van der Waals surface area (Å²) in [6.45, 7) is 6.33. The second-order valence-electron chi connectivity index (χ2n) is 7.28. The van der Waals surface area contributed by atoms with Crippen LogP contribution in [0.15, 0.2) is 36.4 Å². The van der Waals surface area contributed by atoms with E-state index in [0.717, 1.165) is 28.7 Å². The predicted molar refractivity (Wildman–Crippen MR) is 112 cm³/mol. The number of amides is 1. The van der Waals surface area contributed by atoms with Crippen LogP contribution in [0.2, 0.25) is 0 Å². The van der Waals surface area contributed by atoms with Crippen molar-refractivity contribution in [1.82, 2.24) is 5.32 Å². The molecule has 2 aromatic carbocycles. The Balaban J connectivity index is 1.62. The Bertz CT molecular complexity index is 1020. The molecule has 29 heavy (non-hydrogen) atoms. The molecular weight excluding hydrogens is 392 g/mol. The number of aryl methyl sites for hydroxylation is 3. The third-order valence-corrected chi connectivity index (χ3v) is 5.83. The number of nitrogens with zero attached hydrogens (tertiary/aromatic N) is 1. The maximum Gasteiger partial charge on any atom is 0.263 e. The summed E-state index contributed by atoms with van der Waals surface area (Å²) in [5, 5.41) is 2.76. The Kier molecular flexibility index (Phi) is 6.02. The van der Waals surface area contributed by atoms with Crippen molar-refractivity contribution in [2.24, 2.45) is 0 Å². The quantitative estimate of drug-likeness (QED) is 0.728. The number of carbonyl (C=O) groups excluding carboxylic acids is 1. The molecule has 1 amide bonds. The second-order valence-corrected chi connectivity index (χ2v) is 9.19. The zero-order valence-electron chi connectivity index (χ0n) is 17.1. The van der Waals surface area contributed by atoms with Crippen LogP contribution in [0, 0.1) is 20.8 Å². The third kappa shape index (κ3) is 5.00. The van der Waals surface area contributed by atoms with Gasteiger partial charge in [-0.3, -0.25) is 9.10 Å². The van der Waals surface area contributed by atoms with Gasteiger partial charge in [-0.15, -0.1) is 0 Å². The van der Waals surface area contributed by atoms with Crippen LogP contribution in [0.3, 0.4) is 0 Å². The van der Waals surface area contributed by atoms with Gasteiger partial charge in [0.05, 0.1) is 25.0 Å². The predicted octanol–water partition coefficient (Wildman–Crippen LogP) is 2.33. The highest BCUT2D eigenvalue weighted by atomic mass is 32.2. The highest BCUT2D eigenvalue weighted by Gasteiger charge is 2.34. The van der Waals surface area contributed by atoms with Crippen molar-refractivity contribution in [2.75, 3.05) is 30.3 Å². The molecule has 1 aliphatic rings. The molecule has 0 aromatic heterocycles. The molecule has 156 valence electrons. The molecule has 2 aromatic rings. The number of fused-ring (bicyclic) bond motifs is 1. The fourth-order valence-corrected chi connectivity index (χ4v) is 4.03. The van der Waals surface area contributed by atoms with Crippen LogP contribution in [0.1, 0.15) is 16.7 Å². The van der Waals surface area contributed by atoms with Crippen molar-refractivity contribution < 1.29 is 22.7 Å². The van der Waals surface area contributed by atoms with E-state index in [1.807, 2.05) is 45.0 Å². The van der Waals surface area contributed by atoms with Crippen molar-refractivity contribution in [1.29, 1.82) is 0 Å². The standard InChI is InChI=1S/C21H26N2O5S/c1-14-6-8-18-17(11-14)23(29(4,25)26)13-20(28-18)21(24)22-9-10-27-19-12-15(2)5-7-16(19)3/h5-8,11-12,20H,9-10,13H2,1-4H3,(H,22,24)/t20-/m1/s1. The molecule has 0 aliphatic carbocycles. The van der Waals surface area contributed by atoms with Crippen molar-refractivity contribution in [3.8, 4) is 11.5 Å². The largest absolute Gasteiger partial charge is 0.491 e. The number of hydrogen-bond acceptors (Lipinski definition) is 5. The number of nitrogens with one attached hydrogen (secondary N) is 1. The van der Waals surface area contributed by atoms with Crippen LogP contribution in [0.5, 0.6) is 11.5 Å². The number of hydrogen-bond donors (Lipinski definition) is 1. The lowest BCUT2D eigenvalue weighted by atomic mass is 10.1. The van der Waals surface area contributed by atoms with Crippen LogP contribution >= 0.6 is 0 Å². The topological polar surface area (TPSA) is 84.9 Å². The minimum absolute atomic E-state index is 0.0705. The van der Waals surface area contributed by atoms with E-state index >= 15 is 0 Å². The van der Waals surface area contributed by atoms with Crippen molar-refractivity contribution >= 4 is 21.6 Å². The maximum atomic E-state index is 12.6. The normalized spacial score (nSPS) is 16.0. The Morgan fingerprint density at radius 3 is 2.59 bits per heavy atom. The molecule has 8 heteroatoms. The Hall–Kier alpha value is -2.74. The van der Waals surface area contributed by atoms with Crippen molar-refractivity contribution in [2.45, 2.75) is 26.9 Å². The smallest absolute Gasteiger partial charge is 0.263 e. The zero-order chi connectivity index (χ0) is 21.2. The molecule has 0 saturated heterocycles. The summed E-state index contributed by atoms with van der Waals surface area (Å²) in [6.07, 6.45) is 0.192. The molecule has 1 N–H and O–H groups in total. The summed E-state index contributed by atoms with van der Waals surface area (Å²) < 4.78 is 37.2. The van der Waals surface area contributed by atoms with Gasteiger partial charge in [0, 0.05) is 0 Å². The minimum atomic E-state index is -3.54. The van der Waals surface area contributed by atoms with Gasteiger partial charge in [0.25, 0.3) is 5.91 Å². The van der Waals surface area contributed by atoms with Crippen LogP contribution in [-0.2, 0) is 14.8 Å². The van der Waals surface area contributed by atoms with E-state index in [-0.39, 0.29) is 19.0 Å². The molecule has 0 fully saturated rings. The van der Waals surface area contributed by atoms with Gasteiger partial charge >= 0.3 is 0 Å². The highest BCUT2D eigenvalue weighted by molar-refractivity contribution is 7.92. The first-order chi connectivity index (χ1) is 13.6. The fourth-order valence-electron chi connectivity index (χ4n) is 3.12. The van der Waals surface area contributed by atoms with Crippen LogP contribution in [0.25, 0.3) is 0 Å². The molecule has 0 saturated carbocycles. The summed E-state index contributed by atoms with van der Waals surface area (Å²) in [6, 6.07) is 11.2. The Labute approximate surface area is 171 Å². The third-order valence-electron chi connectivity index (χ3n) is 4.68. The second kappa shape index (κ2) is 8.32. The number of ether oxygens (including phenoxy) is 2. The van der Waals surface area contributed by atoms with E-state index < -0.39 is 16.1 Å². The van der Waals surface area contributed by atoms with E-state index in [0.29, 0.717) is 18.0 Å². The lowest BCUT2D eigenvalue weighted by molar-refractivity contribution is -0.127. The lowest BCUT2D eigenvalue weighted by Gasteiger charge is -2.34. The average Bonchev–Trinajstić information content (AvgIpc) is 2.66. The minimum Gasteiger partial charge on any atom is -0.491 e. The molecule has 3 rings (SSSR count). The van der Waals surface area contributed by atoms with Gasteiger partial charge in [0.1, 0.15) is 18.1 Å². The summed E-state index contributed by atoms with van der Waals surface area (Å²) in [7, 11) is -3.54. The van der Waals surface area contributed by atoms with E-state index in [2.05, 4.69) is 5.32 Å². The Morgan fingerprint density at radius 2 is 1.86 bits per heavy atom. The monoisotopic (exact) mass is 418 g/mol. The molecule has 0 bridgehead atoms. The van der Waals surface area contributed by atoms with E-state index in [9.17, 15) is 13.2 Å². The number of anilines is 1. The molecule has 1 atom stereocenters. The molecule has 1 heterocycles. The summed E-state index contributed by atoms with van der Waals surface area (Å²) in [4.78, 5) is 12.6. The Morgan fingerprint density at radius 1 is 1.17 bits per heavy atom. The molecular formula is C21H26N2O5S. The number of carbonyl (C=O) groups is 1. The molecule has 1 aliphatic heterocycles. The average molecular weight is 419 g/mol. The zero-order valence-corrected chi connectivity index (χ0v) is 17.9. The molecule has 7 nitrogen and oxygen atoms in total. The fraction of sp³-hybridized carbons (Fsp3) is 0.381. The SMILES string of the molecule is Cc1ccc(C)c(OCCNC(=O)[C@H]2CN(S(C)(=O)=O)c3cc(C)ccc3O2)c1. The van der Waals surface area contributed by atoms with Gasteiger partial charge in [-0.25, -0.2) is 8.42 Å². The number of sulfonamides is 1. The first-order valence-corrected chi connectivity index (χ1v) is 11.2. The van der Waals surface area contributed by atoms with Crippen molar-refractivity contribution in [3.05, 3.63) is 53.1 Å². The van der Waals surface area contributed by atoms with E-state index in [1.54, 1.807) is 12.1 Å². The first kappa shape index (κ1) is 21.0. The van der Waals surface area contributed by atoms with Gasteiger partial charge in [0.15, 0.2) is 6.10 Å². The number of benzene rings is 2.